The van der Waals surface area contributed by atoms with Gasteiger partial charge in [-0.25, -0.2) is 0 Å². The third kappa shape index (κ3) is 2.56. The normalized spacial score (nSPS) is 14.2. The number of phenolic OH excluding ortho intramolecular Hbond substituents is 1. The highest BCUT2D eigenvalue weighted by molar-refractivity contribution is 5.51. The molecule has 4 nitrogen and oxygen atoms in total. The lowest BCUT2D eigenvalue weighted by atomic mass is 10.1. The molecule has 0 saturated heterocycles. The van der Waals surface area contributed by atoms with E-state index in [9.17, 15) is 5.11 Å². The zero-order valence-corrected chi connectivity index (χ0v) is 11.3. The summed E-state index contributed by atoms with van der Waals surface area (Å²) < 4.78 is 10.6. The van der Waals surface area contributed by atoms with Crippen molar-refractivity contribution in [2.75, 3.05) is 6.79 Å². The van der Waals surface area contributed by atoms with E-state index in [1.54, 1.807) is 6.07 Å². The van der Waals surface area contributed by atoms with Gasteiger partial charge in [0.2, 0.25) is 6.79 Å². The van der Waals surface area contributed by atoms with Crippen LogP contribution in [-0.4, -0.2) is 11.9 Å². The third-order valence-electron chi connectivity index (χ3n) is 3.47. The number of hydrogen-bond acceptors (Lipinski definition) is 4. The van der Waals surface area contributed by atoms with Crippen molar-refractivity contribution in [1.82, 2.24) is 5.32 Å². The van der Waals surface area contributed by atoms with Crippen LogP contribution in [0.25, 0.3) is 0 Å². The molecule has 1 atom stereocenters. The van der Waals surface area contributed by atoms with E-state index in [0.717, 1.165) is 5.56 Å². The summed E-state index contributed by atoms with van der Waals surface area (Å²) in [5.74, 6) is 1.51. The van der Waals surface area contributed by atoms with Crippen LogP contribution in [0.5, 0.6) is 17.2 Å². The predicted molar refractivity (Wildman–Crippen MR) is 75.9 cm³/mol. The standard InChI is InChI=1S/C16H17NO3/c1-11(12-5-3-2-4-6-12)17-9-13-7-15-16(8-14(13)18)20-10-19-15/h2-8,11,17-18H,9-10H2,1H3/t11-/m1/s1. The van der Waals surface area contributed by atoms with Crippen LogP contribution in [-0.2, 0) is 6.54 Å². The van der Waals surface area contributed by atoms with Crippen LogP contribution in [0.1, 0.15) is 24.1 Å². The fourth-order valence-electron chi connectivity index (χ4n) is 2.24. The van der Waals surface area contributed by atoms with Crippen LogP contribution in [0.4, 0.5) is 0 Å². The van der Waals surface area contributed by atoms with Gasteiger partial charge in [-0.05, 0) is 18.6 Å². The van der Waals surface area contributed by atoms with Gasteiger partial charge in [0.1, 0.15) is 5.75 Å². The Balaban J connectivity index is 1.70. The highest BCUT2D eigenvalue weighted by Gasteiger charge is 2.17. The van der Waals surface area contributed by atoms with E-state index in [0.29, 0.717) is 18.0 Å². The molecule has 0 radical (unpaired) electrons. The molecule has 0 spiro atoms. The van der Waals surface area contributed by atoms with Crippen LogP contribution in [0.15, 0.2) is 42.5 Å². The number of nitrogens with one attached hydrogen (secondary N) is 1. The average molecular weight is 271 g/mol. The van der Waals surface area contributed by atoms with E-state index in [-0.39, 0.29) is 18.6 Å². The highest BCUT2D eigenvalue weighted by atomic mass is 16.7. The lowest BCUT2D eigenvalue weighted by Crippen LogP contribution is -2.18. The lowest BCUT2D eigenvalue weighted by Gasteiger charge is -2.15. The first-order valence-corrected chi connectivity index (χ1v) is 6.64. The van der Waals surface area contributed by atoms with Gasteiger partial charge in [0.15, 0.2) is 11.5 Å². The molecule has 1 aliphatic heterocycles. The molecule has 3 rings (SSSR count). The second kappa shape index (κ2) is 5.43. The molecule has 0 amide bonds. The Morgan fingerprint density at radius 1 is 1.15 bits per heavy atom. The molecule has 0 saturated carbocycles. The number of phenols is 1. The zero-order valence-electron chi connectivity index (χ0n) is 11.3. The quantitative estimate of drug-likeness (QED) is 0.897. The number of benzene rings is 2. The molecular weight excluding hydrogens is 254 g/mol. The Hall–Kier alpha value is -2.20. The van der Waals surface area contributed by atoms with E-state index >= 15 is 0 Å². The average Bonchev–Trinajstić information content (AvgIpc) is 2.92. The maximum Gasteiger partial charge on any atom is 0.231 e. The van der Waals surface area contributed by atoms with Crippen LogP contribution in [0.3, 0.4) is 0 Å². The molecule has 104 valence electrons. The Kier molecular flexibility index (Phi) is 3.48. The van der Waals surface area contributed by atoms with Gasteiger partial charge in [0.25, 0.3) is 0 Å². The van der Waals surface area contributed by atoms with Crippen molar-refractivity contribution in [2.24, 2.45) is 0 Å². The number of fused-ring (bicyclic) bond motifs is 1. The first-order valence-electron chi connectivity index (χ1n) is 6.64. The summed E-state index contributed by atoms with van der Waals surface area (Å²) in [6.45, 7) is 2.88. The van der Waals surface area contributed by atoms with Gasteiger partial charge in [-0.2, -0.15) is 0 Å². The van der Waals surface area contributed by atoms with Crippen molar-refractivity contribution < 1.29 is 14.6 Å². The first kappa shape index (κ1) is 12.8. The Morgan fingerprint density at radius 3 is 2.60 bits per heavy atom. The summed E-state index contributed by atoms with van der Waals surface area (Å²) >= 11 is 0. The van der Waals surface area contributed by atoms with Crippen LogP contribution in [0.2, 0.25) is 0 Å². The summed E-state index contributed by atoms with van der Waals surface area (Å²) in [6.07, 6.45) is 0. The van der Waals surface area contributed by atoms with E-state index in [2.05, 4.69) is 24.4 Å². The van der Waals surface area contributed by atoms with Gasteiger partial charge < -0.3 is 19.9 Å². The molecule has 2 aromatic carbocycles. The van der Waals surface area contributed by atoms with Crippen LogP contribution < -0.4 is 14.8 Å². The van der Waals surface area contributed by atoms with Gasteiger partial charge in [0, 0.05) is 24.2 Å². The topological polar surface area (TPSA) is 50.7 Å². The molecule has 20 heavy (non-hydrogen) atoms. The maximum atomic E-state index is 9.98. The third-order valence-corrected chi connectivity index (χ3v) is 3.47. The number of ether oxygens (including phenoxy) is 2. The van der Waals surface area contributed by atoms with Gasteiger partial charge >= 0.3 is 0 Å². The summed E-state index contributed by atoms with van der Waals surface area (Å²) in [7, 11) is 0. The molecule has 1 heterocycles. The minimum atomic E-state index is 0.209. The van der Waals surface area contributed by atoms with Crippen molar-refractivity contribution >= 4 is 0 Å². The summed E-state index contributed by atoms with van der Waals surface area (Å²) in [4.78, 5) is 0. The van der Waals surface area contributed by atoms with E-state index in [1.165, 1.54) is 5.56 Å². The molecule has 0 aliphatic carbocycles. The second-order valence-electron chi connectivity index (χ2n) is 4.85. The lowest BCUT2D eigenvalue weighted by molar-refractivity contribution is 0.174. The largest absolute Gasteiger partial charge is 0.507 e. The number of hydrogen-bond donors (Lipinski definition) is 2. The maximum absolute atomic E-state index is 9.98. The van der Waals surface area contributed by atoms with E-state index in [4.69, 9.17) is 9.47 Å². The molecule has 0 unspecified atom stereocenters. The Labute approximate surface area is 118 Å². The fourth-order valence-corrected chi connectivity index (χ4v) is 2.24. The van der Waals surface area contributed by atoms with Crippen LogP contribution >= 0.6 is 0 Å². The smallest absolute Gasteiger partial charge is 0.231 e. The van der Waals surface area contributed by atoms with Gasteiger partial charge in [0.05, 0.1) is 0 Å². The predicted octanol–water partition coefficient (Wildman–Crippen LogP) is 2.97. The van der Waals surface area contributed by atoms with Crippen molar-refractivity contribution in [3.8, 4) is 17.2 Å². The molecule has 0 fully saturated rings. The first-order chi connectivity index (χ1) is 9.74. The molecule has 0 aromatic heterocycles. The Bertz CT molecular complexity index is 598. The molecule has 1 aliphatic rings. The minimum Gasteiger partial charge on any atom is -0.507 e. The van der Waals surface area contributed by atoms with E-state index in [1.807, 2.05) is 24.3 Å². The molecule has 2 N–H and O–H groups in total. The van der Waals surface area contributed by atoms with Gasteiger partial charge in [-0.3, -0.25) is 0 Å². The van der Waals surface area contributed by atoms with Gasteiger partial charge in [-0.1, -0.05) is 30.3 Å². The molecule has 0 bridgehead atoms. The van der Waals surface area contributed by atoms with Crippen LogP contribution in [0, 0.1) is 0 Å². The fraction of sp³-hybridized carbons (Fsp3) is 0.250. The highest BCUT2D eigenvalue weighted by Crippen LogP contribution is 2.37. The Morgan fingerprint density at radius 2 is 1.85 bits per heavy atom. The van der Waals surface area contributed by atoms with E-state index < -0.39 is 0 Å². The summed E-state index contributed by atoms with van der Waals surface area (Å²) in [5, 5.41) is 13.4. The van der Waals surface area contributed by atoms with Crippen molar-refractivity contribution in [1.29, 1.82) is 0 Å². The number of aromatic hydroxyl groups is 1. The minimum absolute atomic E-state index is 0.209. The second-order valence-corrected chi connectivity index (χ2v) is 4.85. The van der Waals surface area contributed by atoms with Gasteiger partial charge in [-0.15, -0.1) is 0 Å². The SMILES string of the molecule is C[C@@H](NCc1cc2c(cc1O)OCO2)c1ccccc1. The number of rotatable bonds is 4. The molecule has 4 heteroatoms. The molecular formula is C16H17NO3. The van der Waals surface area contributed by atoms with Crippen molar-refractivity contribution in [2.45, 2.75) is 19.5 Å². The zero-order chi connectivity index (χ0) is 13.9. The summed E-state index contributed by atoms with van der Waals surface area (Å²) in [6, 6.07) is 13.8. The van der Waals surface area contributed by atoms with Crippen molar-refractivity contribution in [3.63, 3.8) is 0 Å². The van der Waals surface area contributed by atoms with Crippen molar-refractivity contribution in [3.05, 3.63) is 53.6 Å². The summed E-state index contributed by atoms with van der Waals surface area (Å²) in [5.41, 5.74) is 2.02. The molecule has 2 aromatic rings. The monoisotopic (exact) mass is 271 g/mol.